The maximum Gasteiger partial charge on any atom is 0.328 e. The molecular weight excluding hydrogens is 261 g/mol. The molecule has 0 aliphatic heterocycles. The molecule has 2 N–H and O–H groups in total. The lowest BCUT2D eigenvalue weighted by Gasteiger charge is -2.56. The normalized spacial score (nSPS) is 39.5. The minimum Gasteiger partial charge on any atom is -0.480 e. The van der Waals surface area contributed by atoms with Gasteiger partial charge < -0.3 is 10.4 Å². The lowest BCUT2D eigenvalue weighted by atomic mass is 9.49. The molecule has 1 atom stereocenters. The van der Waals surface area contributed by atoms with Crippen molar-refractivity contribution in [1.82, 2.24) is 5.32 Å². The zero-order chi connectivity index (χ0) is 14.3. The van der Waals surface area contributed by atoms with E-state index < -0.39 is 18.7 Å². The molecule has 0 heterocycles. The summed E-state index contributed by atoms with van der Waals surface area (Å²) in [4.78, 5) is 22.8. The molecular formula is C15H22FNO3. The van der Waals surface area contributed by atoms with Crippen molar-refractivity contribution in [1.29, 1.82) is 0 Å². The quantitative estimate of drug-likeness (QED) is 0.812. The average Bonchev–Trinajstić information content (AvgIpc) is 2.33. The van der Waals surface area contributed by atoms with Crippen molar-refractivity contribution in [3.63, 3.8) is 0 Å². The van der Waals surface area contributed by atoms with E-state index in [1.165, 1.54) is 19.3 Å². The smallest absolute Gasteiger partial charge is 0.328 e. The standard InChI is InChI=1S/C15H22FNO3/c16-8-12(14(19)20)17-13(18)7-15-4-9-1-10(5-15)3-11(2-9)6-15/h9-12H,1-8H2,(H,17,18)(H,19,20). The van der Waals surface area contributed by atoms with Gasteiger partial charge in [0.2, 0.25) is 5.91 Å². The van der Waals surface area contributed by atoms with Crippen LogP contribution in [0.15, 0.2) is 0 Å². The molecule has 0 radical (unpaired) electrons. The highest BCUT2D eigenvalue weighted by atomic mass is 19.1. The van der Waals surface area contributed by atoms with Crippen LogP contribution in [0.4, 0.5) is 4.39 Å². The molecule has 0 aromatic heterocycles. The Balaban J connectivity index is 1.62. The fourth-order valence-electron chi connectivity index (χ4n) is 5.26. The van der Waals surface area contributed by atoms with E-state index in [9.17, 15) is 14.0 Å². The van der Waals surface area contributed by atoms with Crippen LogP contribution in [-0.2, 0) is 9.59 Å². The Kier molecular flexibility index (Phi) is 3.46. The third-order valence-electron chi connectivity index (χ3n) is 5.49. The Labute approximate surface area is 118 Å². The third kappa shape index (κ3) is 2.54. The number of aliphatic carboxylic acids is 1. The number of hydrogen-bond donors (Lipinski definition) is 2. The van der Waals surface area contributed by atoms with Gasteiger partial charge in [-0.25, -0.2) is 9.18 Å². The van der Waals surface area contributed by atoms with Gasteiger partial charge in [0.05, 0.1) is 0 Å². The van der Waals surface area contributed by atoms with Gasteiger partial charge in [0.25, 0.3) is 0 Å². The molecule has 4 nitrogen and oxygen atoms in total. The van der Waals surface area contributed by atoms with Gasteiger partial charge in [0.15, 0.2) is 6.04 Å². The second kappa shape index (κ2) is 5.01. The molecule has 4 bridgehead atoms. The van der Waals surface area contributed by atoms with Crippen LogP contribution in [0.25, 0.3) is 0 Å². The molecule has 20 heavy (non-hydrogen) atoms. The van der Waals surface area contributed by atoms with Crippen LogP contribution in [0.1, 0.15) is 44.9 Å². The molecule has 4 aliphatic carbocycles. The molecule has 4 saturated carbocycles. The van der Waals surface area contributed by atoms with Crippen LogP contribution in [0.5, 0.6) is 0 Å². The summed E-state index contributed by atoms with van der Waals surface area (Å²) in [5.41, 5.74) is 0.0677. The van der Waals surface area contributed by atoms with E-state index in [-0.39, 0.29) is 11.3 Å². The van der Waals surface area contributed by atoms with Crippen molar-refractivity contribution in [2.24, 2.45) is 23.2 Å². The number of carbonyl (C=O) groups is 2. The SMILES string of the molecule is O=C(CC12CC3CC(CC(C3)C1)C2)NC(CF)C(=O)O. The highest BCUT2D eigenvalue weighted by Crippen LogP contribution is 2.61. The minimum atomic E-state index is -1.39. The molecule has 4 fully saturated rings. The second-order valence-corrected chi connectivity index (χ2v) is 7.21. The highest BCUT2D eigenvalue weighted by molar-refractivity contribution is 5.84. The van der Waals surface area contributed by atoms with Gasteiger partial charge in [-0.05, 0) is 61.7 Å². The summed E-state index contributed by atoms with van der Waals surface area (Å²) in [6, 6.07) is -1.39. The molecule has 1 unspecified atom stereocenters. The van der Waals surface area contributed by atoms with Gasteiger partial charge in [-0.2, -0.15) is 0 Å². The first kappa shape index (κ1) is 13.8. The monoisotopic (exact) mass is 283 g/mol. The van der Waals surface area contributed by atoms with E-state index in [2.05, 4.69) is 5.32 Å². The van der Waals surface area contributed by atoms with E-state index in [0.717, 1.165) is 37.0 Å². The molecule has 0 aromatic rings. The number of halogens is 1. The summed E-state index contributed by atoms with van der Waals surface area (Å²) >= 11 is 0. The number of alkyl halides is 1. The first-order valence-corrected chi connectivity index (χ1v) is 7.58. The Morgan fingerprint density at radius 1 is 1.15 bits per heavy atom. The minimum absolute atomic E-state index is 0.0677. The van der Waals surface area contributed by atoms with Gasteiger partial charge in [-0.15, -0.1) is 0 Å². The molecule has 1 amide bonds. The largest absolute Gasteiger partial charge is 0.480 e. The molecule has 5 heteroatoms. The molecule has 0 saturated heterocycles. The molecule has 112 valence electrons. The number of carboxylic acid groups (broad SMARTS) is 1. The van der Waals surface area contributed by atoms with E-state index >= 15 is 0 Å². The fourth-order valence-corrected chi connectivity index (χ4v) is 5.26. The average molecular weight is 283 g/mol. The van der Waals surface area contributed by atoms with Gasteiger partial charge in [0, 0.05) is 6.42 Å². The number of carbonyl (C=O) groups excluding carboxylic acids is 1. The zero-order valence-corrected chi connectivity index (χ0v) is 11.6. The van der Waals surface area contributed by atoms with Gasteiger partial charge in [-0.1, -0.05) is 0 Å². The van der Waals surface area contributed by atoms with E-state index in [4.69, 9.17) is 5.11 Å². The summed E-state index contributed by atoms with van der Waals surface area (Å²) in [6.07, 6.45) is 7.59. The number of nitrogens with one attached hydrogen (secondary N) is 1. The molecule has 4 aliphatic rings. The maximum atomic E-state index is 12.6. The first-order chi connectivity index (χ1) is 9.49. The number of carboxylic acids is 1. The van der Waals surface area contributed by atoms with E-state index in [0.29, 0.717) is 6.42 Å². The topological polar surface area (TPSA) is 66.4 Å². The predicted octanol–water partition coefficient (Wildman–Crippen LogP) is 2.13. The van der Waals surface area contributed by atoms with Crippen LogP contribution in [0.2, 0.25) is 0 Å². The Morgan fingerprint density at radius 2 is 1.65 bits per heavy atom. The van der Waals surface area contributed by atoms with Crippen LogP contribution in [-0.4, -0.2) is 29.7 Å². The number of amides is 1. The summed E-state index contributed by atoms with van der Waals surface area (Å²) in [5.74, 6) is 0.671. The van der Waals surface area contributed by atoms with Crippen molar-refractivity contribution in [2.45, 2.75) is 51.0 Å². The fraction of sp³-hybridized carbons (Fsp3) is 0.867. The molecule has 0 spiro atoms. The maximum absolute atomic E-state index is 12.6. The van der Waals surface area contributed by atoms with Gasteiger partial charge in [0.1, 0.15) is 6.67 Å². The summed E-state index contributed by atoms with van der Waals surface area (Å²) < 4.78 is 12.6. The number of hydrogen-bond acceptors (Lipinski definition) is 2. The summed E-state index contributed by atoms with van der Waals surface area (Å²) in [6.45, 7) is -1.05. The van der Waals surface area contributed by atoms with Crippen molar-refractivity contribution < 1.29 is 19.1 Å². The Hall–Kier alpha value is -1.13. The molecule has 0 aromatic carbocycles. The highest BCUT2D eigenvalue weighted by Gasteiger charge is 2.51. The number of rotatable bonds is 5. The summed E-state index contributed by atoms with van der Waals surface area (Å²) in [5, 5.41) is 11.1. The lowest BCUT2D eigenvalue weighted by molar-refractivity contribution is -0.143. The van der Waals surface area contributed by atoms with Crippen molar-refractivity contribution in [2.75, 3.05) is 6.67 Å². The molecule has 4 rings (SSSR count). The Morgan fingerprint density at radius 3 is 2.05 bits per heavy atom. The van der Waals surface area contributed by atoms with Crippen molar-refractivity contribution >= 4 is 11.9 Å². The lowest BCUT2D eigenvalue weighted by Crippen LogP contribution is -2.50. The van der Waals surface area contributed by atoms with E-state index in [1.807, 2.05) is 0 Å². The van der Waals surface area contributed by atoms with Crippen LogP contribution < -0.4 is 5.32 Å². The van der Waals surface area contributed by atoms with Crippen LogP contribution >= 0.6 is 0 Å². The summed E-state index contributed by atoms with van der Waals surface area (Å²) in [7, 11) is 0. The Bertz CT molecular complexity index is 388. The van der Waals surface area contributed by atoms with Crippen molar-refractivity contribution in [3.8, 4) is 0 Å². The second-order valence-electron chi connectivity index (χ2n) is 7.21. The van der Waals surface area contributed by atoms with Gasteiger partial charge >= 0.3 is 5.97 Å². The third-order valence-corrected chi connectivity index (χ3v) is 5.49. The van der Waals surface area contributed by atoms with Crippen LogP contribution in [0, 0.1) is 23.2 Å². The predicted molar refractivity (Wildman–Crippen MR) is 70.8 cm³/mol. The van der Waals surface area contributed by atoms with Crippen LogP contribution in [0.3, 0.4) is 0 Å². The first-order valence-electron chi connectivity index (χ1n) is 7.58. The van der Waals surface area contributed by atoms with Crippen molar-refractivity contribution in [3.05, 3.63) is 0 Å². The zero-order valence-electron chi connectivity index (χ0n) is 11.6. The van der Waals surface area contributed by atoms with Gasteiger partial charge in [-0.3, -0.25) is 4.79 Å². The van der Waals surface area contributed by atoms with E-state index in [1.54, 1.807) is 0 Å².